The normalized spacial score (nSPS) is 14.0. The van der Waals surface area contributed by atoms with Crippen molar-refractivity contribution in [1.82, 2.24) is 9.97 Å². The topological polar surface area (TPSA) is 28.7 Å². The maximum atomic E-state index is 4.04. The van der Waals surface area contributed by atoms with Gasteiger partial charge in [-0.2, -0.15) is 0 Å². The molecule has 2 heteroatoms. The molecule has 0 aliphatic heterocycles. The van der Waals surface area contributed by atoms with E-state index in [4.69, 9.17) is 0 Å². The van der Waals surface area contributed by atoms with Crippen molar-refractivity contribution in [2.75, 3.05) is 0 Å². The first-order valence-corrected chi connectivity index (χ1v) is 6.51. The lowest BCUT2D eigenvalue weighted by atomic mass is 9.76. The third kappa shape index (κ3) is 4.38. The molecular formula is C14H26N2. The van der Waals surface area contributed by atoms with Crippen LogP contribution in [0.15, 0.2) is 12.5 Å². The molecule has 1 N–H and O–H groups in total. The van der Waals surface area contributed by atoms with Gasteiger partial charge in [0.15, 0.2) is 0 Å². The average molecular weight is 222 g/mol. The SMILES string of the molecule is CCC(CCCCc1cnc[nH]1)C(C)(C)C. The van der Waals surface area contributed by atoms with Crippen molar-refractivity contribution in [3.05, 3.63) is 18.2 Å². The zero-order valence-corrected chi connectivity index (χ0v) is 11.2. The van der Waals surface area contributed by atoms with Crippen LogP contribution in [0, 0.1) is 11.3 Å². The van der Waals surface area contributed by atoms with Crippen molar-refractivity contribution in [1.29, 1.82) is 0 Å². The zero-order chi connectivity index (χ0) is 12.0. The summed E-state index contributed by atoms with van der Waals surface area (Å²) in [6, 6.07) is 0. The van der Waals surface area contributed by atoms with Gasteiger partial charge in [-0.25, -0.2) is 4.98 Å². The Labute approximate surface area is 99.9 Å². The predicted octanol–water partition coefficient (Wildman–Crippen LogP) is 4.19. The van der Waals surface area contributed by atoms with Crippen LogP contribution >= 0.6 is 0 Å². The molecule has 0 spiro atoms. The molecule has 0 saturated carbocycles. The molecule has 0 aromatic carbocycles. The molecule has 1 atom stereocenters. The molecule has 92 valence electrons. The summed E-state index contributed by atoms with van der Waals surface area (Å²) in [6.07, 6.45) is 10.1. The number of aromatic amines is 1. The summed E-state index contributed by atoms with van der Waals surface area (Å²) in [5, 5.41) is 0. The Kier molecular flexibility index (Phi) is 5.04. The second-order valence-corrected chi connectivity index (χ2v) is 5.79. The fourth-order valence-corrected chi connectivity index (χ4v) is 2.38. The molecule has 1 heterocycles. The first-order chi connectivity index (χ1) is 7.54. The van der Waals surface area contributed by atoms with Gasteiger partial charge in [-0.15, -0.1) is 0 Å². The minimum Gasteiger partial charge on any atom is -0.348 e. The van der Waals surface area contributed by atoms with E-state index in [1.54, 1.807) is 6.33 Å². The number of hydrogen-bond donors (Lipinski definition) is 1. The quantitative estimate of drug-likeness (QED) is 0.718. The standard InChI is InChI=1S/C14H26N2/c1-5-12(14(2,3)4)8-6-7-9-13-10-15-11-16-13/h10-12H,5-9H2,1-4H3,(H,15,16). The largest absolute Gasteiger partial charge is 0.348 e. The van der Waals surface area contributed by atoms with Crippen molar-refractivity contribution in [2.45, 2.75) is 59.8 Å². The van der Waals surface area contributed by atoms with Crippen LogP contribution in [0.1, 0.15) is 59.1 Å². The molecule has 1 unspecified atom stereocenters. The number of imidazole rings is 1. The van der Waals surface area contributed by atoms with Gasteiger partial charge in [-0.3, -0.25) is 0 Å². The molecule has 1 aromatic rings. The van der Waals surface area contributed by atoms with E-state index < -0.39 is 0 Å². The Bertz CT molecular complexity index is 269. The number of rotatable bonds is 6. The smallest absolute Gasteiger partial charge is 0.0921 e. The Hall–Kier alpha value is -0.790. The highest BCUT2D eigenvalue weighted by molar-refractivity contribution is 4.93. The van der Waals surface area contributed by atoms with Gasteiger partial charge in [0, 0.05) is 11.9 Å². The van der Waals surface area contributed by atoms with Crippen LogP contribution in [0.4, 0.5) is 0 Å². The van der Waals surface area contributed by atoms with E-state index in [0.29, 0.717) is 5.41 Å². The summed E-state index contributed by atoms with van der Waals surface area (Å²) < 4.78 is 0. The molecule has 0 amide bonds. The summed E-state index contributed by atoms with van der Waals surface area (Å²) in [6.45, 7) is 9.38. The average Bonchev–Trinajstić information content (AvgIpc) is 2.68. The van der Waals surface area contributed by atoms with Gasteiger partial charge in [0.1, 0.15) is 0 Å². The van der Waals surface area contributed by atoms with E-state index in [9.17, 15) is 0 Å². The Morgan fingerprint density at radius 1 is 1.31 bits per heavy atom. The van der Waals surface area contributed by atoms with Crippen LogP contribution in [0.3, 0.4) is 0 Å². The van der Waals surface area contributed by atoms with Crippen LogP contribution in [0.5, 0.6) is 0 Å². The molecule has 1 aromatic heterocycles. The summed E-state index contributed by atoms with van der Waals surface area (Å²) in [5.41, 5.74) is 1.73. The molecule has 0 bridgehead atoms. The lowest BCUT2D eigenvalue weighted by Crippen LogP contribution is -2.19. The third-order valence-corrected chi connectivity index (χ3v) is 3.52. The van der Waals surface area contributed by atoms with E-state index in [-0.39, 0.29) is 0 Å². The highest BCUT2D eigenvalue weighted by Crippen LogP contribution is 2.32. The Morgan fingerprint density at radius 3 is 2.56 bits per heavy atom. The Balaban J connectivity index is 2.19. The number of H-pyrrole nitrogens is 1. The maximum absolute atomic E-state index is 4.04. The van der Waals surface area contributed by atoms with E-state index in [0.717, 1.165) is 12.3 Å². The zero-order valence-electron chi connectivity index (χ0n) is 11.2. The third-order valence-electron chi connectivity index (χ3n) is 3.52. The van der Waals surface area contributed by atoms with Gasteiger partial charge in [0.05, 0.1) is 6.33 Å². The molecule has 1 rings (SSSR count). The first-order valence-electron chi connectivity index (χ1n) is 6.51. The van der Waals surface area contributed by atoms with Gasteiger partial charge < -0.3 is 4.98 Å². The highest BCUT2D eigenvalue weighted by atomic mass is 14.9. The van der Waals surface area contributed by atoms with E-state index in [1.165, 1.54) is 31.4 Å². The molecule has 16 heavy (non-hydrogen) atoms. The second-order valence-electron chi connectivity index (χ2n) is 5.79. The first kappa shape index (κ1) is 13.3. The number of nitrogens with zero attached hydrogens (tertiary/aromatic N) is 1. The lowest BCUT2D eigenvalue weighted by Gasteiger charge is -2.29. The van der Waals surface area contributed by atoms with Crippen LogP contribution < -0.4 is 0 Å². The van der Waals surface area contributed by atoms with Gasteiger partial charge in [0.25, 0.3) is 0 Å². The van der Waals surface area contributed by atoms with Crippen molar-refractivity contribution in [2.24, 2.45) is 11.3 Å². The number of aromatic nitrogens is 2. The second kappa shape index (κ2) is 6.07. The highest BCUT2D eigenvalue weighted by Gasteiger charge is 2.21. The van der Waals surface area contributed by atoms with E-state index in [2.05, 4.69) is 37.7 Å². The minimum absolute atomic E-state index is 0.461. The van der Waals surface area contributed by atoms with Crippen molar-refractivity contribution >= 4 is 0 Å². The minimum atomic E-state index is 0.461. The molecular weight excluding hydrogens is 196 g/mol. The van der Waals surface area contributed by atoms with Crippen LogP contribution in [-0.4, -0.2) is 9.97 Å². The van der Waals surface area contributed by atoms with Gasteiger partial charge in [-0.1, -0.05) is 40.5 Å². The molecule has 0 saturated heterocycles. The van der Waals surface area contributed by atoms with Gasteiger partial charge in [-0.05, 0) is 30.6 Å². The van der Waals surface area contributed by atoms with Crippen molar-refractivity contribution in [3.8, 4) is 0 Å². The van der Waals surface area contributed by atoms with Crippen LogP contribution in [-0.2, 0) is 6.42 Å². The van der Waals surface area contributed by atoms with E-state index in [1.807, 2.05) is 6.20 Å². The molecule has 0 aliphatic rings. The van der Waals surface area contributed by atoms with Crippen molar-refractivity contribution < 1.29 is 0 Å². The van der Waals surface area contributed by atoms with Gasteiger partial charge in [0.2, 0.25) is 0 Å². The monoisotopic (exact) mass is 222 g/mol. The number of nitrogens with one attached hydrogen (secondary N) is 1. The molecule has 0 aliphatic carbocycles. The summed E-state index contributed by atoms with van der Waals surface area (Å²) in [4.78, 5) is 7.19. The predicted molar refractivity (Wildman–Crippen MR) is 69.4 cm³/mol. The number of unbranched alkanes of at least 4 members (excludes halogenated alkanes) is 1. The summed E-state index contributed by atoms with van der Waals surface area (Å²) in [5.74, 6) is 0.856. The molecule has 2 nitrogen and oxygen atoms in total. The molecule has 0 radical (unpaired) electrons. The van der Waals surface area contributed by atoms with Crippen molar-refractivity contribution in [3.63, 3.8) is 0 Å². The number of aryl methyl sites for hydroxylation is 1. The van der Waals surface area contributed by atoms with Gasteiger partial charge >= 0.3 is 0 Å². The van der Waals surface area contributed by atoms with E-state index >= 15 is 0 Å². The van der Waals surface area contributed by atoms with Crippen LogP contribution in [0.25, 0.3) is 0 Å². The maximum Gasteiger partial charge on any atom is 0.0921 e. The summed E-state index contributed by atoms with van der Waals surface area (Å²) >= 11 is 0. The van der Waals surface area contributed by atoms with Crippen LogP contribution in [0.2, 0.25) is 0 Å². The number of hydrogen-bond acceptors (Lipinski definition) is 1. The fraction of sp³-hybridized carbons (Fsp3) is 0.786. The fourth-order valence-electron chi connectivity index (χ4n) is 2.38. The lowest BCUT2D eigenvalue weighted by molar-refractivity contribution is 0.213. The summed E-state index contributed by atoms with van der Waals surface area (Å²) in [7, 11) is 0. The Morgan fingerprint density at radius 2 is 2.06 bits per heavy atom. The molecule has 0 fully saturated rings.